The molecule has 0 radical (unpaired) electrons. The molecule has 424 valence electrons. The molecule has 0 aliphatic carbocycles. The second-order valence-corrected chi connectivity index (χ2v) is 23.0. The van der Waals surface area contributed by atoms with E-state index < -0.39 is 194 Å². The number of sulfone groups is 1. The normalized spacial score (nSPS) is 12.7. The predicted molar refractivity (Wildman–Crippen MR) is 269 cm³/mol. The van der Waals surface area contributed by atoms with Crippen LogP contribution in [-0.2, 0) is 61.3 Å². The quantitative estimate of drug-likeness (QED) is 0.0116. The Morgan fingerprint density at radius 3 is 2.00 bits per heavy atom. The highest BCUT2D eigenvalue weighted by atomic mass is 32.3. The minimum absolute atomic E-state index is 0.126. The van der Waals surface area contributed by atoms with Crippen molar-refractivity contribution in [3.05, 3.63) is 118 Å². The predicted octanol–water partition coefficient (Wildman–Crippen LogP) is 2.85. The first kappa shape index (κ1) is 60.4. The number of hydrogen-bond acceptors (Lipinski definition) is 26. The van der Waals surface area contributed by atoms with E-state index in [0.29, 0.717) is 34.9 Å². The van der Waals surface area contributed by atoms with Crippen molar-refractivity contribution >= 4 is 109 Å². The molecular weight excluding hydrogens is 1180 g/mol. The second-order valence-electron chi connectivity index (χ2n) is 15.6. The third-order valence-electron chi connectivity index (χ3n) is 10.2. The summed E-state index contributed by atoms with van der Waals surface area (Å²) in [6, 6.07) is 12.8. The fraction of sp³-hybridized carbons (Fsp3) is 0.125. The van der Waals surface area contributed by atoms with E-state index in [0.717, 1.165) is 25.1 Å². The van der Waals surface area contributed by atoms with Crippen LogP contribution in [0.2, 0.25) is 0 Å². The number of carbonyl (C=O) groups is 2. The van der Waals surface area contributed by atoms with Crippen molar-refractivity contribution in [1.29, 1.82) is 0 Å². The van der Waals surface area contributed by atoms with Crippen LogP contribution in [0.5, 0.6) is 11.6 Å². The number of rotatable bonds is 22. The molecule has 80 heavy (non-hydrogen) atoms. The highest BCUT2D eigenvalue weighted by Crippen LogP contribution is 2.37. The van der Waals surface area contributed by atoms with Gasteiger partial charge in [-0.05, 0) is 55.5 Å². The van der Waals surface area contributed by atoms with Gasteiger partial charge in [0.2, 0.25) is 23.6 Å². The van der Waals surface area contributed by atoms with E-state index in [4.69, 9.17) is 10.3 Å². The number of aromatic nitrogens is 4. The Hall–Kier alpha value is -8.87. The van der Waals surface area contributed by atoms with Crippen LogP contribution in [0.4, 0.5) is 44.7 Å². The van der Waals surface area contributed by atoms with E-state index in [1.165, 1.54) is 24.3 Å². The highest BCUT2D eigenvalue weighted by Gasteiger charge is 2.27. The third-order valence-corrected chi connectivity index (χ3v) is 14.9. The lowest BCUT2D eigenvalue weighted by Gasteiger charge is -2.15. The standard InChI is InChI=1S/C40H36FN13O21S5/c1-19-30(33(42)56)35(57)54(36(58)31(19)51-48-25-10-8-21(18-29(25)79(69,70)71)76(61,62)14-13-75-80(72,73)74)12-11-43-39-45-38(41)46-40(47-39)44-27-16-23(78(66,67)68)17-28(32(27)55)50-53-34(20-5-3-2-4-6-20)52-49-26-15-22(77(63,64)65)7-9-24(26)37(59)60/h2-10,15-18,50,55,57H,11-14H2,1H3,(H2,42,56)(H,59,60)(H,63,64,65)(H,66,67,68)(H,69,70,71)(H,72,73,74)(H2,43,44,45,46,47). The van der Waals surface area contributed by atoms with Crippen molar-refractivity contribution < 1.29 is 93.8 Å². The summed E-state index contributed by atoms with van der Waals surface area (Å²) in [7, 11) is -25.0. The number of pyridine rings is 1. The zero-order valence-electron chi connectivity index (χ0n) is 39.7. The Balaban J connectivity index is 1.29. The Labute approximate surface area is 448 Å². The van der Waals surface area contributed by atoms with Crippen molar-refractivity contribution in [1.82, 2.24) is 19.5 Å². The number of aromatic carboxylic acids is 1. The first-order chi connectivity index (χ1) is 37.1. The minimum atomic E-state index is -5.36. The van der Waals surface area contributed by atoms with Crippen LogP contribution in [0.1, 0.15) is 31.8 Å². The van der Waals surface area contributed by atoms with Crippen LogP contribution in [-0.4, -0.2) is 132 Å². The molecule has 6 rings (SSSR count). The summed E-state index contributed by atoms with van der Waals surface area (Å²) in [5.41, 5.74) is 1.42. The van der Waals surface area contributed by atoms with Crippen molar-refractivity contribution in [2.75, 3.05) is 35.0 Å². The number of benzene rings is 4. The number of amides is 1. The van der Waals surface area contributed by atoms with E-state index >= 15 is 0 Å². The van der Waals surface area contributed by atoms with Gasteiger partial charge in [-0.1, -0.05) is 30.3 Å². The van der Waals surface area contributed by atoms with Gasteiger partial charge in [-0.2, -0.15) is 58.1 Å². The molecule has 40 heteroatoms. The molecule has 2 heterocycles. The number of anilines is 4. The number of nitrogens with zero attached hydrogens (tertiary/aromatic N) is 9. The number of carbonyl (C=O) groups excluding carboxylic acids is 1. The molecule has 0 spiro atoms. The number of azo groups is 2. The van der Waals surface area contributed by atoms with Gasteiger partial charge in [-0.25, -0.2) is 17.4 Å². The Morgan fingerprint density at radius 2 is 1.39 bits per heavy atom. The van der Waals surface area contributed by atoms with Gasteiger partial charge >= 0.3 is 22.4 Å². The second kappa shape index (κ2) is 23.6. The highest BCUT2D eigenvalue weighted by molar-refractivity contribution is 7.91. The van der Waals surface area contributed by atoms with E-state index in [9.17, 15) is 89.8 Å². The van der Waals surface area contributed by atoms with E-state index in [-0.39, 0.29) is 5.56 Å². The molecule has 2 aromatic heterocycles. The number of hydrogen-bond donors (Lipinski definition) is 11. The maximum atomic E-state index is 15.0. The van der Waals surface area contributed by atoms with Crippen molar-refractivity contribution in [3.8, 4) is 11.6 Å². The minimum Gasteiger partial charge on any atom is -0.504 e. The van der Waals surface area contributed by atoms with Crippen LogP contribution in [0.3, 0.4) is 0 Å². The zero-order chi connectivity index (χ0) is 59.3. The van der Waals surface area contributed by atoms with E-state index in [2.05, 4.69) is 60.8 Å². The van der Waals surface area contributed by atoms with Crippen LogP contribution < -0.4 is 27.4 Å². The third kappa shape index (κ3) is 15.0. The number of carboxylic acids is 1. The topological polar surface area (TPSA) is 540 Å². The molecule has 0 aliphatic rings. The summed E-state index contributed by atoms with van der Waals surface area (Å²) < 4.78 is 178. The first-order valence-corrected chi connectivity index (χ1v) is 28.5. The average molecular weight is 1210 g/mol. The van der Waals surface area contributed by atoms with Gasteiger partial charge in [0.15, 0.2) is 21.3 Å². The van der Waals surface area contributed by atoms with E-state index in [1.54, 1.807) is 6.07 Å². The lowest BCUT2D eigenvalue weighted by Crippen LogP contribution is -2.28. The smallest absolute Gasteiger partial charge is 0.397 e. The number of nitrogens with two attached hydrogens (primary N) is 1. The molecule has 0 atom stereocenters. The summed E-state index contributed by atoms with van der Waals surface area (Å²) in [4.78, 5) is 45.2. The van der Waals surface area contributed by atoms with Gasteiger partial charge in [0.05, 0.1) is 38.3 Å². The summed E-state index contributed by atoms with van der Waals surface area (Å²) in [6.07, 6.45) is -1.54. The average Bonchev–Trinajstić information content (AvgIpc) is 3.36. The summed E-state index contributed by atoms with van der Waals surface area (Å²) in [5, 5.41) is 55.7. The Morgan fingerprint density at radius 1 is 0.750 bits per heavy atom. The molecule has 1 amide bonds. The number of halogens is 1. The van der Waals surface area contributed by atoms with Crippen LogP contribution in [0.15, 0.2) is 129 Å². The number of phenols is 1. The molecule has 0 saturated carbocycles. The van der Waals surface area contributed by atoms with Crippen LogP contribution >= 0.6 is 0 Å². The Kier molecular flexibility index (Phi) is 17.8. The molecule has 0 saturated heterocycles. The van der Waals surface area contributed by atoms with Gasteiger partial charge in [0.1, 0.15) is 27.5 Å². The SMILES string of the molecule is Cc1c(C(N)=O)c(O)n(CCNc2nc(F)nc(Nc3cc(S(=O)(=O)O)cc(NN=C(N=Nc4cc(S(=O)(=O)O)ccc4C(=O)O)c4ccccc4)c3O)n2)c(=O)c1N=Nc1ccc(S(=O)(=O)CCOS(=O)(=O)O)cc1S(=O)(=O)O. The van der Waals surface area contributed by atoms with Crippen LogP contribution in [0.25, 0.3) is 0 Å². The molecule has 12 N–H and O–H groups in total. The number of primary amides is 1. The summed E-state index contributed by atoms with van der Waals surface area (Å²) in [5.74, 6) is -7.91. The molecule has 34 nitrogen and oxygen atoms in total. The maximum absolute atomic E-state index is 15.0. The van der Waals surface area contributed by atoms with E-state index in [1.807, 2.05) is 0 Å². The number of carboxylic acid groups (broad SMARTS) is 1. The molecule has 4 aromatic carbocycles. The first-order valence-electron chi connectivity index (χ1n) is 21.2. The van der Waals surface area contributed by atoms with Crippen molar-refractivity contribution in [2.45, 2.75) is 33.1 Å². The largest absolute Gasteiger partial charge is 0.504 e. The number of phenolic OH excluding ortho intramolecular Hbond substituents is 1. The zero-order valence-corrected chi connectivity index (χ0v) is 43.8. The fourth-order valence-corrected chi connectivity index (χ4v) is 9.85. The van der Waals surface area contributed by atoms with Crippen molar-refractivity contribution in [2.24, 2.45) is 31.3 Å². The van der Waals surface area contributed by atoms with Gasteiger partial charge < -0.3 is 31.7 Å². The van der Waals surface area contributed by atoms with Gasteiger partial charge in [0, 0.05) is 24.2 Å². The molecule has 0 bridgehead atoms. The van der Waals surface area contributed by atoms with Gasteiger partial charge in [-0.15, -0.1) is 20.5 Å². The summed E-state index contributed by atoms with van der Waals surface area (Å²) >= 11 is 0. The molecule has 0 fully saturated rings. The lowest BCUT2D eigenvalue weighted by molar-refractivity contribution is 0.0697. The van der Waals surface area contributed by atoms with Crippen molar-refractivity contribution in [3.63, 3.8) is 0 Å². The maximum Gasteiger partial charge on any atom is 0.397 e. The number of nitrogens with one attached hydrogen (secondary N) is 3. The fourth-order valence-electron chi connectivity index (χ4n) is 6.58. The van der Waals surface area contributed by atoms with Crippen LogP contribution in [0, 0.1) is 13.0 Å². The molecule has 0 aliphatic heterocycles. The van der Waals surface area contributed by atoms with Gasteiger partial charge in [0.25, 0.3) is 41.8 Å². The number of amidine groups is 1. The monoisotopic (exact) mass is 1210 g/mol. The molecular formula is C40H36FN13O21S5. The Bertz CT molecular complexity index is 4250. The number of aromatic hydroxyl groups is 2. The molecule has 0 unspecified atom stereocenters. The van der Waals surface area contributed by atoms with Gasteiger partial charge in [-0.3, -0.25) is 37.8 Å². The lowest BCUT2D eigenvalue weighted by atomic mass is 10.1. The summed E-state index contributed by atoms with van der Waals surface area (Å²) in [6.45, 7) is -1.29. The number of hydrazone groups is 1. The molecule has 6 aromatic rings.